The highest BCUT2D eigenvalue weighted by Gasteiger charge is 2.32. The van der Waals surface area contributed by atoms with Crippen LogP contribution in [-0.2, 0) is 0 Å². The van der Waals surface area contributed by atoms with Crippen LogP contribution in [-0.4, -0.2) is 8.24 Å². The van der Waals surface area contributed by atoms with Gasteiger partial charge in [0.1, 0.15) is 8.24 Å². The fraction of sp³-hybridized carbons (Fsp3) is 1.00. The highest BCUT2D eigenvalue weighted by Crippen LogP contribution is 2.29. The molecule has 0 aromatic rings. The lowest BCUT2D eigenvalue weighted by Gasteiger charge is -2.33. The van der Waals surface area contributed by atoms with Gasteiger partial charge in [-0.1, -0.05) is 79.6 Å². The minimum atomic E-state index is -0.971. The number of rotatable bonds is 5. The highest BCUT2D eigenvalue weighted by molar-refractivity contribution is 6.79. The molecule has 2 heteroatoms. The summed E-state index contributed by atoms with van der Waals surface area (Å²) < 4.78 is 0. The van der Waals surface area contributed by atoms with Crippen molar-refractivity contribution in [2.75, 3.05) is 0 Å². The Hall–Kier alpha value is 0.177. The van der Waals surface area contributed by atoms with Crippen LogP contribution in [0.25, 0.3) is 0 Å². The van der Waals surface area contributed by atoms with E-state index in [1.165, 1.54) is 63.1 Å². The molecule has 1 heterocycles. The number of unbranched alkanes of at least 4 members (excludes halogenated alkanes) is 4. The van der Waals surface area contributed by atoms with E-state index in [1.54, 1.807) is 0 Å². The van der Waals surface area contributed by atoms with Gasteiger partial charge in [-0.25, -0.2) is 0 Å². The molecule has 2 N–H and O–H groups in total. The first-order valence-electron chi connectivity index (χ1n) is 7.88. The molecule has 106 valence electrons. The molecule has 0 aromatic heterocycles. The summed E-state index contributed by atoms with van der Waals surface area (Å²) >= 11 is 0. The van der Waals surface area contributed by atoms with Crippen molar-refractivity contribution in [2.24, 2.45) is 5.40 Å². The summed E-state index contributed by atoms with van der Waals surface area (Å²) in [5, 5.41) is 5.94. The maximum atomic E-state index is 5.94. The Morgan fingerprint density at radius 2 is 1.12 bits per heavy atom. The molecule has 0 spiro atoms. The number of hydrogen-bond donors (Lipinski definition) is 1. The third-order valence-electron chi connectivity index (χ3n) is 3.47. The normalized spacial score (nSPS) is 15.9. The molecule has 17 heavy (non-hydrogen) atoms. The second-order valence-corrected chi connectivity index (χ2v) is 9.71. The predicted octanol–water partition coefficient (Wildman–Crippen LogP) is 5.71. The van der Waals surface area contributed by atoms with E-state index in [9.17, 15) is 0 Å². The van der Waals surface area contributed by atoms with E-state index in [1.807, 2.05) is 0 Å². The summed E-state index contributed by atoms with van der Waals surface area (Å²) in [7, 11) is -0.971. The third kappa shape index (κ3) is 14.1. The van der Waals surface area contributed by atoms with E-state index < -0.39 is 8.24 Å². The molecule has 1 nitrogen and oxygen atoms in total. The zero-order valence-corrected chi connectivity index (χ0v) is 14.1. The van der Waals surface area contributed by atoms with Crippen LogP contribution in [0.1, 0.15) is 79.6 Å². The molecule has 1 aliphatic rings. The van der Waals surface area contributed by atoms with Gasteiger partial charge in [-0.3, -0.25) is 0 Å². The van der Waals surface area contributed by atoms with Gasteiger partial charge in [-0.05, 0) is 18.1 Å². The average molecular weight is 260 g/mol. The zero-order chi connectivity index (χ0) is 13.6. The summed E-state index contributed by atoms with van der Waals surface area (Å²) in [6.07, 6.45) is 9.57. The van der Waals surface area contributed by atoms with Crippen LogP contribution in [0, 0.1) is 0 Å². The van der Waals surface area contributed by atoms with Crippen LogP contribution < -0.4 is 5.40 Å². The van der Waals surface area contributed by atoms with Crippen LogP contribution >= 0.6 is 0 Å². The Balaban J connectivity index is 0. The minimum Gasteiger partial charge on any atom is -0.351 e. The Morgan fingerprint density at radius 1 is 0.765 bits per heavy atom. The minimum absolute atomic E-state index is 0.971. The van der Waals surface area contributed by atoms with Crippen LogP contribution in [0.2, 0.25) is 18.1 Å². The second kappa shape index (κ2) is 14.2. The Kier molecular flexibility index (Phi) is 16.3. The van der Waals surface area contributed by atoms with E-state index in [-0.39, 0.29) is 0 Å². The van der Waals surface area contributed by atoms with Gasteiger partial charge in [-0.15, -0.1) is 0 Å². The second-order valence-electron chi connectivity index (χ2n) is 5.28. The molecular formula is C15H37NSi. The Bertz CT molecular complexity index is 117. The fourth-order valence-corrected chi connectivity index (χ4v) is 3.66. The third-order valence-corrected chi connectivity index (χ3v) is 7.57. The van der Waals surface area contributed by atoms with Crippen molar-refractivity contribution < 1.29 is 0 Å². The monoisotopic (exact) mass is 259 g/mol. The van der Waals surface area contributed by atoms with E-state index >= 15 is 0 Å². The van der Waals surface area contributed by atoms with Gasteiger partial charge in [0, 0.05) is 0 Å². The molecule has 1 fully saturated rings. The SMILES string of the molecule is CCCCC.CCCCC.CC[Si]1(N)CCC1. The van der Waals surface area contributed by atoms with Gasteiger partial charge in [0.05, 0.1) is 0 Å². The molecular weight excluding hydrogens is 222 g/mol. The van der Waals surface area contributed by atoms with Gasteiger partial charge in [-0.2, -0.15) is 0 Å². The van der Waals surface area contributed by atoms with Crippen molar-refractivity contribution >= 4 is 8.24 Å². The van der Waals surface area contributed by atoms with Gasteiger partial charge < -0.3 is 5.40 Å². The molecule has 0 amide bonds. The van der Waals surface area contributed by atoms with E-state index in [0.717, 1.165) is 0 Å². The van der Waals surface area contributed by atoms with Crippen LogP contribution in [0.15, 0.2) is 0 Å². The lowest BCUT2D eigenvalue weighted by molar-refractivity contribution is 0.772. The molecule has 0 unspecified atom stereocenters. The summed E-state index contributed by atoms with van der Waals surface area (Å²) in [5.41, 5.74) is 0. The molecule has 0 aliphatic carbocycles. The van der Waals surface area contributed by atoms with Crippen molar-refractivity contribution in [2.45, 2.75) is 97.7 Å². The van der Waals surface area contributed by atoms with Crippen molar-refractivity contribution in [1.82, 2.24) is 0 Å². The Morgan fingerprint density at radius 3 is 1.12 bits per heavy atom. The Labute approximate surface area is 112 Å². The van der Waals surface area contributed by atoms with Gasteiger partial charge >= 0.3 is 0 Å². The smallest absolute Gasteiger partial charge is 0.122 e. The lowest BCUT2D eigenvalue weighted by Crippen LogP contribution is -2.50. The van der Waals surface area contributed by atoms with Crippen molar-refractivity contribution in [3.05, 3.63) is 0 Å². The molecule has 0 atom stereocenters. The molecule has 0 saturated carbocycles. The number of nitrogens with two attached hydrogens (primary N) is 1. The van der Waals surface area contributed by atoms with E-state index in [4.69, 9.17) is 5.40 Å². The zero-order valence-electron chi connectivity index (χ0n) is 13.1. The number of hydrogen-bond acceptors (Lipinski definition) is 1. The van der Waals surface area contributed by atoms with Crippen molar-refractivity contribution in [1.29, 1.82) is 0 Å². The maximum Gasteiger partial charge on any atom is 0.122 e. The fourth-order valence-electron chi connectivity index (χ4n) is 1.69. The molecule has 1 saturated heterocycles. The van der Waals surface area contributed by atoms with Crippen LogP contribution in [0.3, 0.4) is 0 Å². The van der Waals surface area contributed by atoms with Gasteiger partial charge in [0.25, 0.3) is 0 Å². The van der Waals surface area contributed by atoms with E-state index in [0.29, 0.717) is 0 Å². The molecule has 0 bridgehead atoms. The van der Waals surface area contributed by atoms with Gasteiger partial charge in [0.2, 0.25) is 0 Å². The quantitative estimate of drug-likeness (QED) is 0.629. The summed E-state index contributed by atoms with van der Waals surface area (Å²) in [5.74, 6) is 0. The highest BCUT2D eigenvalue weighted by atomic mass is 28.3. The topological polar surface area (TPSA) is 26.0 Å². The molecule has 0 radical (unpaired) electrons. The van der Waals surface area contributed by atoms with Crippen molar-refractivity contribution in [3.8, 4) is 0 Å². The lowest BCUT2D eigenvalue weighted by atomic mass is 10.3. The summed E-state index contributed by atoms with van der Waals surface area (Å²) in [6, 6.07) is 4.08. The summed E-state index contributed by atoms with van der Waals surface area (Å²) in [6.45, 7) is 11.1. The van der Waals surface area contributed by atoms with Crippen molar-refractivity contribution in [3.63, 3.8) is 0 Å². The standard InChI is InChI=1S/C5H13NSi.2C5H12/c1-2-7(6)4-3-5-7;2*1-3-5-4-2/h2-6H2,1H3;2*3-5H2,1-2H3. The molecule has 1 rings (SSSR count). The first kappa shape index (κ1) is 19.5. The largest absolute Gasteiger partial charge is 0.351 e. The van der Waals surface area contributed by atoms with Crippen LogP contribution in [0.4, 0.5) is 0 Å². The predicted molar refractivity (Wildman–Crippen MR) is 85.1 cm³/mol. The van der Waals surface area contributed by atoms with Gasteiger partial charge in [0.15, 0.2) is 0 Å². The summed E-state index contributed by atoms with van der Waals surface area (Å²) in [4.78, 5) is 0. The molecule has 0 aromatic carbocycles. The molecule has 1 aliphatic heterocycles. The van der Waals surface area contributed by atoms with Crippen LogP contribution in [0.5, 0.6) is 0 Å². The first-order valence-corrected chi connectivity index (χ1v) is 10.6. The first-order chi connectivity index (χ1) is 8.10. The van der Waals surface area contributed by atoms with E-state index in [2.05, 4.69) is 34.6 Å². The maximum absolute atomic E-state index is 5.94. The average Bonchev–Trinajstić information content (AvgIpc) is 2.30.